The number of hydrogen-bond donors (Lipinski definition) is 1. The van der Waals surface area contributed by atoms with Gasteiger partial charge in [-0.2, -0.15) is 5.10 Å². The highest BCUT2D eigenvalue weighted by Gasteiger charge is 2.12. The summed E-state index contributed by atoms with van der Waals surface area (Å²) >= 11 is 1.49. The van der Waals surface area contributed by atoms with Crippen molar-refractivity contribution in [2.24, 2.45) is 0 Å². The molecule has 1 aromatic carbocycles. The molecule has 0 saturated heterocycles. The summed E-state index contributed by atoms with van der Waals surface area (Å²) in [4.78, 5) is 16.7. The Bertz CT molecular complexity index is 859. The number of rotatable bonds is 4. The Labute approximate surface area is 136 Å². The third-order valence-electron chi connectivity index (χ3n) is 3.02. The number of benzene rings is 1. The Kier molecular flexibility index (Phi) is 4.03. The zero-order valence-electron chi connectivity index (χ0n) is 12.5. The van der Waals surface area contributed by atoms with Crippen LogP contribution in [-0.4, -0.2) is 26.3 Å². The molecule has 0 spiro atoms. The standard InChI is InChI=1S/C16H13N3O3S/c1-9-3-4-14(19-18-9)22-13-6-11(5-12(7-13)16(20)21)15-17-8-10(2)23-15/h3-8H,1-2H3,(H,20,21). The van der Waals surface area contributed by atoms with Gasteiger partial charge in [0.15, 0.2) is 0 Å². The molecule has 0 unspecified atom stereocenters. The van der Waals surface area contributed by atoms with Crippen molar-refractivity contribution >= 4 is 17.3 Å². The first-order valence-electron chi connectivity index (χ1n) is 6.80. The van der Waals surface area contributed by atoms with Crippen molar-refractivity contribution in [3.63, 3.8) is 0 Å². The molecule has 0 aliphatic rings. The van der Waals surface area contributed by atoms with Crippen LogP contribution in [0, 0.1) is 13.8 Å². The molecule has 3 rings (SSSR count). The van der Waals surface area contributed by atoms with Crippen LogP contribution in [0.5, 0.6) is 11.6 Å². The molecule has 0 bridgehead atoms. The first-order valence-corrected chi connectivity index (χ1v) is 7.62. The maximum atomic E-state index is 11.3. The van der Waals surface area contributed by atoms with E-state index in [0.717, 1.165) is 15.6 Å². The number of carboxylic acids is 1. The molecule has 7 heteroatoms. The van der Waals surface area contributed by atoms with Gasteiger partial charge in [0.1, 0.15) is 10.8 Å². The lowest BCUT2D eigenvalue weighted by atomic mass is 10.1. The molecule has 0 fully saturated rings. The fourth-order valence-corrected chi connectivity index (χ4v) is 2.71. The van der Waals surface area contributed by atoms with E-state index in [1.165, 1.54) is 17.4 Å². The van der Waals surface area contributed by atoms with Gasteiger partial charge < -0.3 is 9.84 Å². The molecule has 0 saturated carbocycles. The Morgan fingerprint density at radius 3 is 2.61 bits per heavy atom. The number of hydrogen-bond acceptors (Lipinski definition) is 6. The molecular weight excluding hydrogens is 314 g/mol. The first kappa shape index (κ1) is 15.1. The fraction of sp³-hybridized carbons (Fsp3) is 0.125. The molecule has 1 N–H and O–H groups in total. The van der Waals surface area contributed by atoms with E-state index in [2.05, 4.69) is 15.2 Å². The van der Waals surface area contributed by atoms with Crippen LogP contribution in [0.4, 0.5) is 0 Å². The maximum Gasteiger partial charge on any atom is 0.335 e. The van der Waals surface area contributed by atoms with E-state index in [9.17, 15) is 9.90 Å². The number of aryl methyl sites for hydroxylation is 2. The molecule has 0 atom stereocenters. The Balaban J connectivity index is 2.00. The SMILES string of the molecule is Cc1ccc(Oc2cc(C(=O)O)cc(-c3ncc(C)s3)c2)nn1. The monoisotopic (exact) mass is 327 g/mol. The van der Waals surface area contributed by atoms with Crippen molar-refractivity contribution in [1.82, 2.24) is 15.2 Å². The fourth-order valence-electron chi connectivity index (χ4n) is 1.95. The second kappa shape index (κ2) is 6.13. The van der Waals surface area contributed by atoms with Gasteiger partial charge in [-0.25, -0.2) is 9.78 Å². The first-order chi connectivity index (χ1) is 11.0. The highest BCUT2D eigenvalue weighted by atomic mass is 32.1. The summed E-state index contributed by atoms with van der Waals surface area (Å²) < 4.78 is 5.63. The van der Waals surface area contributed by atoms with E-state index in [1.54, 1.807) is 30.5 Å². The molecule has 0 aliphatic carbocycles. The summed E-state index contributed by atoms with van der Waals surface area (Å²) in [5.41, 5.74) is 1.60. The molecule has 0 radical (unpaired) electrons. The second-order valence-corrected chi connectivity index (χ2v) is 6.18. The summed E-state index contributed by atoms with van der Waals surface area (Å²) in [6.07, 6.45) is 1.75. The van der Waals surface area contributed by atoms with E-state index in [4.69, 9.17) is 4.74 Å². The lowest BCUT2D eigenvalue weighted by Crippen LogP contribution is -1.98. The smallest absolute Gasteiger partial charge is 0.335 e. The van der Waals surface area contributed by atoms with E-state index < -0.39 is 5.97 Å². The van der Waals surface area contributed by atoms with Crippen molar-refractivity contribution < 1.29 is 14.6 Å². The third kappa shape index (κ3) is 3.51. The van der Waals surface area contributed by atoms with Gasteiger partial charge in [-0.05, 0) is 38.1 Å². The minimum absolute atomic E-state index is 0.130. The Morgan fingerprint density at radius 2 is 2.00 bits per heavy atom. The number of ether oxygens (including phenoxy) is 1. The Hall–Kier alpha value is -2.80. The van der Waals surface area contributed by atoms with Crippen molar-refractivity contribution in [1.29, 1.82) is 0 Å². The van der Waals surface area contributed by atoms with Gasteiger partial charge >= 0.3 is 5.97 Å². The summed E-state index contributed by atoms with van der Waals surface area (Å²) in [5, 5.41) is 17.9. The molecule has 2 aromatic heterocycles. The molecule has 0 aliphatic heterocycles. The number of nitrogens with zero attached hydrogens (tertiary/aromatic N) is 3. The number of aromatic carboxylic acids is 1. The predicted octanol–water partition coefficient (Wildman–Crippen LogP) is 3.71. The lowest BCUT2D eigenvalue weighted by molar-refractivity contribution is 0.0696. The summed E-state index contributed by atoms with van der Waals surface area (Å²) in [6, 6.07) is 8.23. The van der Waals surface area contributed by atoms with Crippen LogP contribution in [0.1, 0.15) is 20.9 Å². The van der Waals surface area contributed by atoms with Crippen LogP contribution in [-0.2, 0) is 0 Å². The van der Waals surface area contributed by atoms with Crippen LogP contribution in [0.25, 0.3) is 10.6 Å². The zero-order valence-corrected chi connectivity index (χ0v) is 13.3. The summed E-state index contributed by atoms with van der Waals surface area (Å²) in [7, 11) is 0. The van der Waals surface area contributed by atoms with E-state index in [1.807, 2.05) is 13.8 Å². The van der Waals surface area contributed by atoms with Gasteiger partial charge in [0, 0.05) is 22.7 Å². The minimum atomic E-state index is -1.03. The van der Waals surface area contributed by atoms with Crippen molar-refractivity contribution in [2.45, 2.75) is 13.8 Å². The van der Waals surface area contributed by atoms with Crippen LogP contribution in [0.15, 0.2) is 36.5 Å². The van der Waals surface area contributed by atoms with Crippen LogP contribution < -0.4 is 4.74 Å². The van der Waals surface area contributed by atoms with Gasteiger partial charge in [0.05, 0.1) is 11.3 Å². The van der Waals surface area contributed by atoms with E-state index in [0.29, 0.717) is 17.2 Å². The van der Waals surface area contributed by atoms with E-state index >= 15 is 0 Å². The number of carbonyl (C=O) groups is 1. The number of thiazole rings is 1. The molecular formula is C16H13N3O3S. The predicted molar refractivity (Wildman–Crippen MR) is 86.1 cm³/mol. The minimum Gasteiger partial charge on any atom is -0.478 e. The molecule has 2 heterocycles. The molecule has 0 amide bonds. The largest absolute Gasteiger partial charge is 0.478 e. The van der Waals surface area contributed by atoms with Gasteiger partial charge in [0.25, 0.3) is 0 Å². The zero-order chi connectivity index (χ0) is 16.4. The summed E-state index contributed by atoms with van der Waals surface area (Å²) in [6.45, 7) is 3.77. The number of carboxylic acid groups (broad SMARTS) is 1. The maximum absolute atomic E-state index is 11.3. The summed E-state index contributed by atoms with van der Waals surface area (Å²) in [5.74, 6) is -0.342. The van der Waals surface area contributed by atoms with Gasteiger partial charge in [-0.1, -0.05) is 0 Å². The van der Waals surface area contributed by atoms with Crippen molar-refractivity contribution in [3.8, 4) is 22.2 Å². The molecule has 23 heavy (non-hydrogen) atoms. The van der Waals surface area contributed by atoms with E-state index in [-0.39, 0.29) is 5.56 Å². The van der Waals surface area contributed by atoms with Crippen LogP contribution >= 0.6 is 11.3 Å². The number of aromatic nitrogens is 3. The lowest BCUT2D eigenvalue weighted by Gasteiger charge is -2.07. The normalized spacial score (nSPS) is 10.5. The average Bonchev–Trinajstić information content (AvgIpc) is 2.96. The van der Waals surface area contributed by atoms with Crippen molar-refractivity contribution in [2.75, 3.05) is 0 Å². The molecule has 3 aromatic rings. The van der Waals surface area contributed by atoms with Gasteiger partial charge in [-0.15, -0.1) is 16.4 Å². The molecule has 116 valence electrons. The van der Waals surface area contributed by atoms with Crippen LogP contribution in [0.2, 0.25) is 0 Å². The second-order valence-electron chi connectivity index (χ2n) is 4.94. The van der Waals surface area contributed by atoms with Crippen molar-refractivity contribution in [3.05, 3.63) is 52.7 Å². The molecule has 6 nitrogen and oxygen atoms in total. The van der Waals surface area contributed by atoms with Gasteiger partial charge in [-0.3, -0.25) is 0 Å². The highest BCUT2D eigenvalue weighted by Crippen LogP contribution is 2.31. The van der Waals surface area contributed by atoms with Gasteiger partial charge in [0.2, 0.25) is 5.88 Å². The Morgan fingerprint density at radius 1 is 1.17 bits per heavy atom. The highest BCUT2D eigenvalue weighted by molar-refractivity contribution is 7.14. The van der Waals surface area contributed by atoms with Crippen LogP contribution in [0.3, 0.4) is 0 Å². The quantitative estimate of drug-likeness (QED) is 0.786. The topological polar surface area (TPSA) is 85.2 Å². The average molecular weight is 327 g/mol. The third-order valence-corrected chi connectivity index (χ3v) is 3.98.